The maximum Gasteiger partial charge on any atom is 1.00 e. The van der Waals surface area contributed by atoms with Gasteiger partial charge >= 0.3 is 29.6 Å². The number of nitrogens with one attached hydrogen (secondary N) is 2. The first-order valence-corrected chi connectivity index (χ1v) is 11.0. The Morgan fingerprint density at radius 2 is 1.82 bits per heavy atom. The molecular formula is C22H21N4NaO5S. The average Bonchev–Trinajstić information content (AvgIpc) is 2.76. The van der Waals surface area contributed by atoms with Crippen LogP contribution in [0.5, 0.6) is 5.75 Å². The molecule has 0 bridgehead atoms. The second-order valence-electron chi connectivity index (χ2n) is 6.84. The molecule has 0 heterocycles. The molecule has 0 aromatic heterocycles. The summed E-state index contributed by atoms with van der Waals surface area (Å²) in [4.78, 5) is 15.3. The van der Waals surface area contributed by atoms with Gasteiger partial charge in [0.05, 0.1) is 10.6 Å². The van der Waals surface area contributed by atoms with E-state index in [1.165, 1.54) is 30.6 Å². The van der Waals surface area contributed by atoms with Crippen molar-refractivity contribution in [1.29, 1.82) is 0 Å². The minimum atomic E-state index is -3.95. The standard InChI is InChI=1S/C22H22N4O5S.Na/c23-25-14-24-16-6-4-8-18(12-16)32(30,31)26-17-7-3-5-15(11-17)20(13-22(28)29)19-9-1-2-10-21(19)27;/h1-12,14,20,26-27H,13,23H2,(H,24,25)(H,28,29);/q;+1/p-1. The number of carboxylic acid groups (broad SMARTS) is 1. The van der Waals surface area contributed by atoms with Gasteiger partial charge in [-0.15, -0.1) is 0 Å². The van der Waals surface area contributed by atoms with E-state index in [0.717, 1.165) is 0 Å². The second kappa shape index (κ2) is 11.8. The Balaban J connectivity index is 0.00000385. The fourth-order valence-corrected chi connectivity index (χ4v) is 4.32. The predicted octanol–water partition coefficient (Wildman–Crippen LogP) is -1.41. The van der Waals surface area contributed by atoms with E-state index in [-0.39, 0.29) is 52.3 Å². The number of carbonyl (C=O) groups is 1. The molecule has 0 radical (unpaired) electrons. The third kappa shape index (κ3) is 7.04. The molecule has 0 amide bonds. The minimum Gasteiger partial charge on any atom is -0.550 e. The fourth-order valence-electron chi connectivity index (χ4n) is 3.23. The minimum absolute atomic E-state index is 0. The summed E-state index contributed by atoms with van der Waals surface area (Å²) >= 11 is 0. The Labute approximate surface area is 213 Å². The van der Waals surface area contributed by atoms with Crippen LogP contribution in [-0.2, 0) is 14.8 Å². The molecule has 3 aromatic rings. The van der Waals surface area contributed by atoms with Crippen molar-refractivity contribution in [3.8, 4) is 5.75 Å². The van der Waals surface area contributed by atoms with E-state index in [9.17, 15) is 23.4 Å². The Morgan fingerprint density at radius 1 is 1.09 bits per heavy atom. The molecule has 1 atom stereocenters. The fraction of sp³-hybridized carbons (Fsp3) is 0.0909. The number of sulfonamides is 1. The number of carbonyl (C=O) groups excluding carboxylic acids is 1. The van der Waals surface area contributed by atoms with Gasteiger partial charge in [-0.2, -0.15) is 0 Å². The number of aliphatic carboxylic acids is 1. The van der Waals surface area contributed by atoms with E-state index in [0.29, 0.717) is 16.8 Å². The maximum absolute atomic E-state index is 12.9. The van der Waals surface area contributed by atoms with Gasteiger partial charge in [-0.25, -0.2) is 19.3 Å². The van der Waals surface area contributed by atoms with Gasteiger partial charge in [-0.3, -0.25) is 4.72 Å². The monoisotopic (exact) mass is 476 g/mol. The molecule has 0 aliphatic rings. The quantitative estimate of drug-likeness (QED) is 0.0972. The van der Waals surface area contributed by atoms with Crippen LogP contribution in [0.15, 0.2) is 82.7 Å². The smallest absolute Gasteiger partial charge is 0.550 e. The van der Waals surface area contributed by atoms with Gasteiger partial charge in [0.2, 0.25) is 0 Å². The Bertz CT molecular complexity index is 1250. The number of nitrogens with two attached hydrogens (primary N) is 1. The van der Waals surface area contributed by atoms with Crippen LogP contribution in [0, 0.1) is 0 Å². The summed E-state index contributed by atoms with van der Waals surface area (Å²) in [5, 5.41) is 21.5. The first-order chi connectivity index (χ1) is 15.3. The number of phenolic OH excluding ortho intramolecular Hbond substituents is 1. The summed E-state index contributed by atoms with van der Waals surface area (Å²) in [5.74, 6) is 3.05. The van der Waals surface area contributed by atoms with Crippen molar-refractivity contribution < 1.29 is 53.0 Å². The molecule has 1 unspecified atom stereocenters. The molecule has 0 saturated carbocycles. The van der Waals surface area contributed by atoms with Crippen molar-refractivity contribution in [1.82, 2.24) is 5.43 Å². The van der Waals surface area contributed by atoms with Crippen LogP contribution in [0.3, 0.4) is 0 Å². The topological polar surface area (TPSA) is 157 Å². The van der Waals surface area contributed by atoms with E-state index in [1.807, 2.05) is 0 Å². The Morgan fingerprint density at radius 3 is 2.52 bits per heavy atom. The van der Waals surface area contributed by atoms with Crippen LogP contribution in [0.2, 0.25) is 0 Å². The van der Waals surface area contributed by atoms with Gasteiger partial charge in [0.1, 0.15) is 12.1 Å². The average molecular weight is 476 g/mol. The molecule has 9 nitrogen and oxygen atoms in total. The van der Waals surface area contributed by atoms with E-state index in [4.69, 9.17) is 5.84 Å². The van der Waals surface area contributed by atoms with Gasteiger partial charge < -0.3 is 20.4 Å². The third-order valence-corrected chi connectivity index (χ3v) is 6.02. The number of rotatable bonds is 9. The van der Waals surface area contributed by atoms with Crippen LogP contribution >= 0.6 is 0 Å². The zero-order chi connectivity index (χ0) is 23.1. The number of benzene rings is 3. The van der Waals surface area contributed by atoms with Crippen molar-refractivity contribution in [3.63, 3.8) is 0 Å². The number of carboxylic acids is 1. The number of aliphatic imine (C=N–C) groups is 1. The molecule has 0 spiro atoms. The molecule has 0 saturated heterocycles. The molecule has 11 heteroatoms. The van der Waals surface area contributed by atoms with Gasteiger partial charge in [-0.05, 0) is 48.4 Å². The molecule has 166 valence electrons. The summed E-state index contributed by atoms with van der Waals surface area (Å²) < 4.78 is 28.2. The van der Waals surface area contributed by atoms with Crippen molar-refractivity contribution >= 4 is 33.7 Å². The van der Waals surface area contributed by atoms with E-state index >= 15 is 0 Å². The summed E-state index contributed by atoms with van der Waals surface area (Å²) in [5.41, 5.74) is 3.76. The van der Waals surface area contributed by atoms with Crippen LogP contribution in [0.1, 0.15) is 23.5 Å². The number of phenols is 1. The van der Waals surface area contributed by atoms with Gasteiger partial charge in [-0.1, -0.05) is 36.4 Å². The zero-order valence-corrected chi connectivity index (χ0v) is 20.6. The summed E-state index contributed by atoms with van der Waals surface area (Å²) in [6, 6.07) is 18.7. The van der Waals surface area contributed by atoms with Gasteiger partial charge in [0.15, 0.2) is 0 Å². The summed E-state index contributed by atoms with van der Waals surface area (Å²) in [6.07, 6.45) is 0.835. The summed E-state index contributed by atoms with van der Waals surface area (Å²) in [7, 11) is -3.95. The van der Waals surface area contributed by atoms with Crippen molar-refractivity contribution in [2.24, 2.45) is 10.8 Å². The van der Waals surface area contributed by atoms with E-state index in [2.05, 4.69) is 15.1 Å². The Kier molecular flexibility index (Phi) is 9.44. The number of hydrazine groups is 1. The number of anilines is 1. The summed E-state index contributed by atoms with van der Waals surface area (Å²) in [6.45, 7) is 0. The normalized spacial score (nSPS) is 12.0. The van der Waals surface area contributed by atoms with Crippen molar-refractivity contribution in [3.05, 3.63) is 83.9 Å². The number of hydrogen-bond donors (Lipinski definition) is 4. The van der Waals surface area contributed by atoms with Gasteiger partial charge in [0.25, 0.3) is 10.0 Å². The SMILES string of the molecule is NNC=Nc1cccc(S(=O)(=O)Nc2cccc(C(CC(=O)[O-])c3ccccc3O)c2)c1.[Na+]. The van der Waals surface area contributed by atoms with Crippen molar-refractivity contribution in [2.45, 2.75) is 17.2 Å². The maximum atomic E-state index is 12.9. The predicted molar refractivity (Wildman–Crippen MR) is 119 cm³/mol. The van der Waals surface area contributed by atoms with Gasteiger partial charge in [0, 0.05) is 23.1 Å². The molecule has 0 aliphatic heterocycles. The molecule has 3 aromatic carbocycles. The molecule has 33 heavy (non-hydrogen) atoms. The van der Waals surface area contributed by atoms with E-state index in [1.54, 1.807) is 48.5 Å². The van der Waals surface area contributed by atoms with Crippen LogP contribution in [0.4, 0.5) is 11.4 Å². The second-order valence-corrected chi connectivity index (χ2v) is 8.52. The van der Waals surface area contributed by atoms with Crippen LogP contribution < -0.4 is 50.7 Å². The molecular weight excluding hydrogens is 455 g/mol. The van der Waals surface area contributed by atoms with Crippen molar-refractivity contribution in [2.75, 3.05) is 4.72 Å². The van der Waals surface area contributed by atoms with Crippen LogP contribution in [-0.4, -0.2) is 25.8 Å². The number of para-hydroxylation sites is 1. The molecule has 0 aliphatic carbocycles. The first-order valence-electron chi connectivity index (χ1n) is 9.49. The van der Waals surface area contributed by atoms with Crippen LogP contribution in [0.25, 0.3) is 0 Å². The number of hydrogen-bond acceptors (Lipinski definition) is 7. The molecule has 3 rings (SSSR count). The van der Waals surface area contributed by atoms with E-state index < -0.39 is 21.9 Å². The Hall–Kier alpha value is -2.89. The number of nitrogens with zero attached hydrogens (tertiary/aromatic N) is 1. The number of aromatic hydroxyl groups is 1. The molecule has 5 N–H and O–H groups in total. The third-order valence-electron chi connectivity index (χ3n) is 4.64. The zero-order valence-electron chi connectivity index (χ0n) is 17.8. The first kappa shape index (κ1) is 26.4. The molecule has 0 fully saturated rings. The largest absolute Gasteiger partial charge is 1.00 e.